The molecule has 0 amide bonds. The number of aryl methyl sites for hydroxylation is 1. The van der Waals surface area contributed by atoms with E-state index in [1.54, 1.807) is 60.2 Å². The van der Waals surface area contributed by atoms with Crippen LogP contribution in [0, 0.1) is 18.3 Å². The molecule has 0 unspecified atom stereocenters. The van der Waals surface area contributed by atoms with Crippen molar-refractivity contribution >= 4 is 21.8 Å². The van der Waals surface area contributed by atoms with E-state index in [0.717, 1.165) is 4.41 Å². The van der Waals surface area contributed by atoms with E-state index in [9.17, 15) is 8.42 Å². The molecule has 126 valence electrons. The van der Waals surface area contributed by atoms with Gasteiger partial charge < -0.3 is 0 Å². The van der Waals surface area contributed by atoms with Gasteiger partial charge in [0.05, 0.1) is 34.5 Å². The normalized spacial score (nSPS) is 11.7. The summed E-state index contributed by atoms with van der Waals surface area (Å²) in [6.45, 7) is 1.74. The number of aromatic nitrogens is 2. The molecule has 0 bridgehead atoms. The largest absolute Gasteiger partial charge is 0.279 e. The third-order valence-corrected chi connectivity index (χ3v) is 5.56. The molecule has 0 fully saturated rings. The van der Waals surface area contributed by atoms with Crippen molar-refractivity contribution in [1.82, 2.24) is 14.0 Å². The van der Waals surface area contributed by atoms with Gasteiger partial charge in [-0.1, -0.05) is 18.2 Å². The number of pyridine rings is 1. The molecule has 0 atom stereocenters. The average molecular weight is 353 g/mol. The molecule has 0 saturated heterocycles. The number of hydrazone groups is 1. The van der Waals surface area contributed by atoms with E-state index in [1.165, 1.54) is 13.3 Å². The first kappa shape index (κ1) is 16.7. The molecule has 2 aromatic heterocycles. The zero-order valence-electron chi connectivity index (χ0n) is 13.7. The number of fused-ring (bicyclic) bond motifs is 1. The van der Waals surface area contributed by atoms with E-state index in [2.05, 4.69) is 16.3 Å². The SMILES string of the molecule is Cc1ccccc1S(=O)(=O)N(C)/N=C/c1cnn2ccc(C#N)cc12. The zero-order chi connectivity index (χ0) is 18.0. The minimum atomic E-state index is -3.73. The summed E-state index contributed by atoms with van der Waals surface area (Å²) in [6.07, 6.45) is 4.65. The van der Waals surface area contributed by atoms with Crippen molar-refractivity contribution in [2.45, 2.75) is 11.8 Å². The molecule has 0 spiro atoms. The van der Waals surface area contributed by atoms with E-state index in [0.29, 0.717) is 22.2 Å². The molecule has 25 heavy (non-hydrogen) atoms. The van der Waals surface area contributed by atoms with Gasteiger partial charge in [-0.3, -0.25) is 0 Å². The lowest BCUT2D eigenvalue weighted by atomic mass is 10.2. The van der Waals surface area contributed by atoms with Gasteiger partial charge in [0.25, 0.3) is 10.0 Å². The minimum Gasteiger partial charge on any atom is -0.240 e. The van der Waals surface area contributed by atoms with Crippen molar-refractivity contribution in [2.75, 3.05) is 7.05 Å². The summed E-state index contributed by atoms with van der Waals surface area (Å²) in [7, 11) is -2.35. The fraction of sp³-hybridized carbons (Fsp3) is 0.118. The van der Waals surface area contributed by atoms with Crippen LogP contribution in [0.5, 0.6) is 0 Å². The number of nitrogens with zero attached hydrogens (tertiary/aromatic N) is 5. The van der Waals surface area contributed by atoms with Crippen LogP contribution >= 0.6 is 0 Å². The highest BCUT2D eigenvalue weighted by Gasteiger charge is 2.21. The lowest BCUT2D eigenvalue weighted by Crippen LogP contribution is -2.22. The summed E-state index contributed by atoms with van der Waals surface area (Å²) in [5.74, 6) is 0. The van der Waals surface area contributed by atoms with Gasteiger partial charge in [0.2, 0.25) is 0 Å². The molecule has 0 aliphatic carbocycles. The summed E-state index contributed by atoms with van der Waals surface area (Å²) in [4.78, 5) is 0.210. The third-order valence-electron chi connectivity index (χ3n) is 3.76. The Hall–Kier alpha value is -3.18. The van der Waals surface area contributed by atoms with Crippen molar-refractivity contribution < 1.29 is 8.42 Å². The standard InChI is InChI=1S/C17H15N5O2S/c1-13-5-3-4-6-17(13)25(23,24)21(2)19-11-15-12-20-22-8-7-14(10-18)9-16(15)22/h3-9,11-12H,1-2H3/b19-11+. The van der Waals surface area contributed by atoms with Gasteiger partial charge >= 0.3 is 0 Å². The molecule has 0 aliphatic heterocycles. The third kappa shape index (κ3) is 3.09. The first-order valence-corrected chi connectivity index (χ1v) is 8.83. The van der Waals surface area contributed by atoms with Crippen LogP contribution < -0.4 is 0 Å². The molecule has 0 saturated carbocycles. The van der Waals surface area contributed by atoms with Crippen molar-refractivity contribution in [3.8, 4) is 6.07 Å². The van der Waals surface area contributed by atoms with E-state index < -0.39 is 10.0 Å². The van der Waals surface area contributed by atoms with Crippen LogP contribution in [0.1, 0.15) is 16.7 Å². The van der Waals surface area contributed by atoms with Crippen LogP contribution in [0.25, 0.3) is 5.52 Å². The van der Waals surface area contributed by atoms with Crippen LogP contribution in [-0.4, -0.2) is 35.7 Å². The van der Waals surface area contributed by atoms with Gasteiger partial charge in [-0.2, -0.15) is 28.3 Å². The molecule has 0 N–H and O–H groups in total. The van der Waals surface area contributed by atoms with E-state index in [1.807, 2.05) is 0 Å². The van der Waals surface area contributed by atoms with Crippen molar-refractivity contribution in [2.24, 2.45) is 5.10 Å². The first-order valence-electron chi connectivity index (χ1n) is 7.39. The lowest BCUT2D eigenvalue weighted by Gasteiger charge is -2.15. The van der Waals surface area contributed by atoms with Gasteiger partial charge in [0.15, 0.2) is 0 Å². The second-order valence-corrected chi connectivity index (χ2v) is 7.32. The Labute approximate surface area is 145 Å². The number of nitriles is 1. The quantitative estimate of drug-likeness (QED) is 0.531. The summed E-state index contributed by atoms with van der Waals surface area (Å²) in [5, 5.41) is 17.2. The van der Waals surface area contributed by atoms with Gasteiger partial charge in [0, 0.05) is 18.8 Å². The van der Waals surface area contributed by atoms with Crippen LogP contribution in [0.15, 0.2) is 58.8 Å². The maximum Gasteiger partial charge on any atom is 0.279 e. The average Bonchev–Trinajstić information content (AvgIpc) is 3.01. The second kappa shape index (κ2) is 6.37. The molecule has 7 nitrogen and oxygen atoms in total. The molecular weight excluding hydrogens is 338 g/mol. The molecule has 0 aliphatic rings. The lowest BCUT2D eigenvalue weighted by molar-refractivity contribution is 0.490. The monoisotopic (exact) mass is 353 g/mol. The second-order valence-electron chi connectivity index (χ2n) is 5.41. The van der Waals surface area contributed by atoms with Crippen LogP contribution in [0.2, 0.25) is 0 Å². The van der Waals surface area contributed by atoms with Crippen molar-refractivity contribution in [3.63, 3.8) is 0 Å². The fourth-order valence-corrected chi connectivity index (χ4v) is 3.54. The Balaban J connectivity index is 1.94. The summed E-state index contributed by atoms with van der Waals surface area (Å²) >= 11 is 0. The fourth-order valence-electron chi connectivity index (χ4n) is 2.36. The molecule has 0 radical (unpaired) electrons. The van der Waals surface area contributed by atoms with Crippen molar-refractivity contribution in [1.29, 1.82) is 5.26 Å². The number of sulfonamides is 1. The number of hydrogen-bond donors (Lipinski definition) is 0. The Kier molecular flexibility index (Phi) is 4.25. The van der Waals surface area contributed by atoms with Crippen molar-refractivity contribution in [3.05, 3.63) is 65.5 Å². The van der Waals surface area contributed by atoms with Crippen LogP contribution in [0.4, 0.5) is 0 Å². The predicted molar refractivity (Wildman–Crippen MR) is 93.6 cm³/mol. The van der Waals surface area contributed by atoms with Gasteiger partial charge in [-0.05, 0) is 30.7 Å². The number of hydrogen-bond acceptors (Lipinski definition) is 5. The summed E-state index contributed by atoms with van der Waals surface area (Å²) in [6, 6.07) is 12.1. The first-order chi connectivity index (χ1) is 11.9. The smallest absolute Gasteiger partial charge is 0.240 e. The summed E-state index contributed by atoms with van der Waals surface area (Å²) < 4.78 is 27.8. The molecule has 2 heterocycles. The van der Waals surface area contributed by atoms with Gasteiger partial charge in [-0.25, -0.2) is 4.52 Å². The van der Waals surface area contributed by atoms with Crippen LogP contribution in [-0.2, 0) is 10.0 Å². The maximum absolute atomic E-state index is 12.6. The van der Waals surface area contributed by atoms with E-state index in [4.69, 9.17) is 5.26 Å². The zero-order valence-corrected chi connectivity index (χ0v) is 14.5. The van der Waals surface area contributed by atoms with E-state index >= 15 is 0 Å². The number of benzene rings is 1. The highest BCUT2D eigenvalue weighted by Crippen LogP contribution is 2.19. The Morgan fingerprint density at radius 3 is 2.80 bits per heavy atom. The molecular formula is C17H15N5O2S. The summed E-state index contributed by atoms with van der Waals surface area (Å²) in [5.41, 5.74) is 2.43. The molecule has 3 aromatic rings. The van der Waals surface area contributed by atoms with Gasteiger partial charge in [-0.15, -0.1) is 0 Å². The Morgan fingerprint density at radius 2 is 2.08 bits per heavy atom. The van der Waals surface area contributed by atoms with E-state index in [-0.39, 0.29) is 4.90 Å². The van der Waals surface area contributed by atoms with Crippen LogP contribution in [0.3, 0.4) is 0 Å². The molecule has 8 heteroatoms. The Bertz CT molecular complexity index is 1110. The topological polar surface area (TPSA) is 90.8 Å². The molecule has 1 aromatic carbocycles. The predicted octanol–water partition coefficient (Wildman–Crippen LogP) is 2.17. The minimum absolute atomic E-state index is 0.210. The Morgan fingerprint density at radius 1 is 1.32 bits per heavy atom. The number of rotatable bonds is 4. The molecule has 3 rings (SSSR count). The maximum atomic E-state index is 12.6. The highest BCUT2D eigenvalue weighted by molar-refractivity contribution is 7.89. The highest BCUT2D eigenvalue weighted by atomic mass is 32.2. The van der Waals surface area contributed by atoms with Gasteiger partial charge in [0.1, 0.15) is 0 Å².